The molecule has 0 aliphatic rings. The van der Waals surface area contributed by atoms with Crippen molar-refractivity contribution in [3.8, 4) is 0 Å². The summed E-state index contributed by atoms with van der Waals surface area (Å²) in [6.07, 6.45) is 5.93. The fraction of sp³-hybridized carbons (Fsp3) is 0.375. The lowest BCUT2D eigenvalue weighted by atomic mass is 10.2. The summed E-state index contributed by atoms with van der Waals surface area (Å²) < 4.78 is 2.14. The minimum atomic E-state index is 0. The smallest absolute Gasteiger partial charge is 0.191 e. The maximum absolute atomic E-state index is 4.59. The quantitative estimate of drug-likeness (QED) is 0.435. The number of hydrogen-bond donors (Lipinski definition) is 2. The van der Waals surface area contributed by atoms with E-state index < -0.39 is 0 Å². The average Bonchev–Trinajstić information content (AvgIpc) is 2.99. The third kappa shape index (κ3) is 6.05. The maximum atomic E-state index is 4.59. The fourth-order valence-corrected chi connectivity index (χ4v) is 2.00. The maximum Gasteiger partial charge on any atom is 0.191 e. The van der Waals surface area contributed by atoms with Crippen molar-refractivity contribution >= 4 is 29.9 Å². The number of hydrogen-bond acceptors (Lipinski definition) is 2. The lowest BCUT2D eigenvalue weighted by molar-refractivity contribution is 0.665. The van der Waals surface area contributed by atoms with Crippen molar-refractivity contribution in [2.24, 2.45) is 4.99 Å². The Morgan fingerprint density at radius 2 is 2.00 bits per heavy atom. The molecule has 0 amide bonds. The van der Waals surface area contributed by atoms with Gasteiger partial charge in [0, 0.05) is 38.2 Å². The van der Waals surface area contributed by atoms with E-state index in [2.05, 4.69) is 57.5 Å². The minimum Gasteiger partial charge on any atom is -0.357 e. The number of halogens is 1. The van der Waals surface area contributed by atoms with Crippen LogP contribution in [-0.2, 0) is 13.1 Å². The van der Waals surface area contributed by atoms with Crippen molar-refractivity contribution in [2.45, 2.75) is 26.9 Å². The SMILES string of the molecule is CCNC(=NCc1ncccc1C)NCCn1cccc1.I. The van der Waals surface area contributed by atoms with E-state index in [-0.39, 0.29) is 24.0 Å². The van der Waals surface area contributed by atoms with Gasteiger partial charge in [-0.25, -0.2) is 4.99 Å². The van der Waals surface area contributed by atoms with E-state index in [9.17, 15) is 0 Å². The Balaban J connectivity index is 0.00000242. The van der Waals surface area contributed by atoms with Gasteiger partial charge in [-0.05, 0) is 37.6 Å². The molecular weight excluding hydrogens is 389 g/mol. The van der Waals surface area contributed by atoms with Crippen LogP contribution >= 0.6 is 24.0 Å². The van der Waals surface area contributed by atoms with Crippen LogP contribution in [0.5, 0.6) is 0 Å². The van der Waals surface area contributed by atoms with Crippen LogP contribution < -0.4 is 10.6 Å². The first-order chi connectivity index (χ1) is 10.3. The number of nitrogens with one attached hydrogen (secondary N) is 2. The number of nitrogens with zero attached hydrogens (tertiary/aromatic N) is 3. The normalized spacial score (nSPS) is 10.9. The molecule has 2 heterocycles. The first kappa shape index (κ1) is 18.5. The molecule has 2 rings (SSSR count). The van der Waals surface area contributed by atoms with Crippen molar-refractivity contribution < 1.29 is 0 Å². The van der Waals surface area contributed by atoms with Crippen LogP contribution in [0.4, 0.5) is 0 Å². The standard InChI is InChI=1S/C16H23N5.HI/c1-3-17-16(19-9-12-21-10-4-5-11-21)20-13-15-14(2)7-6-8-18-15;/h4-8,10-11H,3,9,12-13H2,1-2H3,(H2,17,19,20);1H. The zero-order valence-corrected chi connectivity index (χ0v) is 15.5. The van der Waals surface area contributed by atoms with Crippen molar-refractivity contribution in [2.75, 3.05) is 13.1 Å². The van der Waals surface area contributed by atoms with Crippen LogP contribution in [0, 0.1) is 6.92 Å². The summed E-state index contributed by atoms with van der Waals surface area (Å²) in [6.45, 7) is 7.31. The van der Waals surface area contributed by atoms with Crippen LogP contribution in [-0.4, -0.2) is 28.6 Å². The summed E-state index contributed by atoms with van der Waals surface area (Å²) in [5, 5.41) is 6.59. The molecule has 0 aliphatic carbocycles. The summed E-state index contributed by atoms with van der Waals surface area (Å²) in [5.74, 6) is 0.828. The average molecular weight is 413 g/mol. The monoisotopic (exact) mass is 413 g/mol. The zero-order valence-electron chi connectivity index (χ0n) is 13.1. The van der Waals surface area contributed by atoms with E-state index in [1.807, 2.05) is 24.4 Å². The second kappa shape index (κ2) is 10.2. The lowest BCUT2D eigenvalue weighted by Crippen LogP contribution is -2.38. The molecule has 0 fully saturated rings. The molecule has 5 nitrogen and oxygen atoms in total. The van der Waals surface area contributed by atoms with Crippen LogP contribution in [0.2, 0.25) is 0 Å². The molecule has 2 aromatic heterocycles. The molecule has 22 heavy (non-hydrogen) atoms. The van der Waals surface area contributed by atoms with E-state index in [1.165, 1.54) is 5.56 Å². The van der Waals surface area contributed by atoms with E-state index in [1.54, 1.807) is 0 Å². The van der Waals surface area contributed by atoms with Gasteiger partial charge in [0.25, 0.3) is 0 Å². The van der Waals surface area contributed by atoms with E-state index >= 15 is 0 Å². The summed E-state index contributed by atoms with van der Waals surface area (Å²) in [7, 11) is 0. The largest absolute Gasteiger partial charge is 0.357 e. The zero-order chi connectivity index (χ0) is 14.9. The Morgan fingerprint density at radius 1 is 1.23 bits per heavy atom. The molecule has 2 N–H and O–H groups in total. The van der Waals surface area contributed by atoms with E-state index in [4.69, 9.17) is 0 Å². The number of pyridine rings is 1. The first-order valence-corrected chi connectivity index (χ1v) is 7.33. The minimum absolute atomic E-state index is 0. The van der Waals surface area contributed by atoms with Gasteiger partial charge in [0.1, 0.15) is 0 Å². The summed E-state index contributed by atoms with van der Waals surface area (Å²) in [5.41, 5.74) is 2.18. The van der Waals surface area contributed by atoms with Gasteiger partial charge in [0.15, 0.2) is 5.96 Å². The molecular formula is C16H24IN5. The Labute approximate surface area is 149 Å². The highest BCUT2D eigenvalue weighted by atomic mass is 127. The second-order valence-corrected chi connectivity index (χ2v) is 4.81. The van der Waals surface area contributed by atoms with Crippen LogP contribution in [0.25, 0.3) is 0 Å². The number of aromatic nitrogens is 2. The summed E-state index contributed by atoms with van der Waals surface area (Å²) >= 11 is 0. The van der Waals surface area contributed by atoms with Crippen LogP contribution in [0.3, 0.4) is 0 Å². The molecule has 0 saturated carbocycles. The number of rotatable bonds is 6. The molecule has 0 spiro atoms. The molecule has 0 atom stereocenters. The molecule has 120 valence electrons. The highest BCUT2D eigenvalue weighted by Crippen LogP contribution is 2.04. The van der Waals surface area contributed by atoms with Crippen molar-refractivity contribution in [1.82, 2.24) is 20.2 Å². The van der Waals surface area contributed by atoms with Gasteiger partial charge in [-0.2, -0.15) is 0 Å². The predicted octanol–water partition coefficient (Wildman–Crippen LogP) is 2.56. The summed E-state index contributed by atoms with van der Waals surface area (Å²) in [4.78, 5) is 8.95. The van der Waals surface area contributed by atoms with Crippen molar-refractivity contribution in [3.63, 3.8) is 0 Å². The van der Waals surface area contributed by atoms with E-state index in [0.29, 0.717) is 6.54 Å². The molecule has 2 aromatic rings. The highest BCUT2D eigenvalue weighted by Gasteiger charge is 2.00. The van der Waals surface area contributed by atoms with Gasteiger partial charge < -0.3 is 15.2 Å². The van der Waals surface area contributed by atoms with E-state index in [0.717, 1.165) is 31.3 Å². The molecule has 6 heteroatoms. The van der Waals surface area contributed by atoms with Gasteiger partial charge in [0.2, 0.25) is 0 Å². The fourth-order valence-electron chi connectivity index (χ4n) is 2.00. The van der Waals surface area contributed by atoms with Crippen LogP contribution in [0.1, 0.15) is 18.2 Å². The Kier molecular flexibility index (Phi) is 8.57. The highest BCUT2D eigenvalue weighted by molar-refractivity contribution is 14.0. The predicted molar refractivity (Wildman–Crippen MR) is 102 cm³/mol. The third-order valence-electron chi connectivity index (χ3n) is 3.18. The topological polar surface area (TPSA) is 54.2 Å². The second-order valence-electron chi connectivity index (χ2n) is 4.81. The van der Waals surface area contributed by atoms with Crippen LogP contribution in [0.15, 0.2) is 47.8 Å². The summed E-state index contributed by atoms with van der Waals surface area (Å²) in [6, 6.07) is 8.07. The number of aliphatic imine (C=N–C) groups is 1. The van der Waals surface area contributed by atoms with Crippen molar-refractivity contribution in [1.29, 1.82) is 0 Å². The molecule has 0 aromatic carbocycles. The third-order valence-corrected chi connectivity index (χ3v) is 3.18. The lowest BCUT2D eigenvalue weighted by Gasteiger charge is -2.12. The molecule has 0 radical (unpaired) electrons. The first-order valence-electron chi connectivity index (χ1n) is 7.33. The Morgan fingerprint density at radius 3 is 2.68 bits per heavy atom. The number of guanidine groups is 1. The molecule has 0 unspecified atom stereocenters. The van der Waals surface area contributed by atoms with Gasteiger partial charge in [-0.3, -0.25) is 4.98 Å². The number of aryl methyl sites for hydroxylation is 1. The van der Waals surface area contributed by atoms with Crippen molar-refractivity contribution in [3.05, 3.63) is 54.1 Å². The molecule has 0 aliphatic heterocycles. The Bertz CT molecular complexity index is 566. The molecule has 0 saturated heterocycles. The van der Waals surface area contributed by atoms with Gasteiger partial charge in [0.05, 0.1) is 12.2 Å². The Hall–Kier alpha value is -1.57. The van der Waals surface area contributed by atoms with Gasteiger partial charge >= 0.3 is 0 Å². The van der Waals surface area contributed by atoms with Gasteiger partial charge in [-0.1, -0.05) is 6.07 Å². The van der Waals surface area contributed by atoms with Gasteiger partial charge in [-0.15, -0.1) is 24.0 Å². The molecule has 0 bridgehead atoms.